The Balaban J connectivity index is 2.53. The summed E-state index contributed by atoms with van der Waals surface area (Å²) in [5.74, 6) is 1.77. The molecule has 210 valence electrons. The first-order chi connectivity index (χ1) is 18.0. The average molecular weight is 552 g/mol. The topological polar surface area (TPSA) is 75.8 Å². The van der Waals surface area contributed by atoms with Crippen LogP contribution in [-0.2, 0) is 0 Å². The van der Waals surface area contributed by atoms with Gasteiger partial charge in [0, 0.05) is 36.2 Å². The zero-order valence-electron chi connectivity index (χ0n) is 23.4. The van der Waals surface area contributed by atoms with E-state index in [2.05, 4.69) is 18.9 Å². The molecule has 0 saturated heterocycles. The van der Waals surface area contributed by atoms with Crippen LogP contribution >= 0.6 is 23.5 Å². The van der Waals surface area contributed by atoms with Gasteiger partial charge in [-0.15, -0.1) is 0 Å². The summed E-state index contributed by atoms with van der Waals surface area (Å²) in [7, 11) is 1.66. The summed E-state index contributed by atoms with van der Waals surface area (Å²) >= 11 is 3.50. The van der Waals surface area contributed by atoms with E-state index in [0.717, 1.165) is 28.7 Å². The molecule has 0 bridgehead atoms. The van der Waals surface area contributed by atoms with E-state index in [1.54, 1.807) is 30.6 Å². The summed E-state index contributed by atoms with van der Waals surface area (Å²) in [5, 5.41) is 16.9. The predicted octanol–water partition coefficient (Wildman–Crippen LogP) is 9.69. The summed E-state index contributed by atoms with van der Waals surface area (Å²) in [6.45, 7) is 4.50. The van der Waals surface area contributed by atoms with Gasteiger partial charge < -0.3 is 0 Å². The molecule has 1 rings (SSSR count). The highest BCUT2D eigenvalue weighted by molar-refractivity contribution is 8.38. The molecule has 0 saturated carbocycles. The van der Waals surface area contributed by atoms with E-state index in [1.165, 1.54) is 119 Å². The fourth-order valence-electron chi connectivity index (χ4n) is 3.97. The van der Waals surface area contributed by atoms with Gasteiger partial charge in [-0.3, -0.25) is 14.9 Å². The summed E-state index contributed by atoms with van der Waals surface area (Å²) in [6, 6.07) is 5.71. The van der Waals surface area contributed by atoms with Crippen molar-refractivity contribution in [3.63, 3.8) is 0 Å². The third-order valence-corrected chi connectivity index (χ3v) is 8.65. The van der Waals surface area contributed by atoms with Crippen molar-refractivity contribution in [2.45, 2.75) is 117 Å². The van der Waals surface area contributed by atoms with Crippen LogP contribution in [-0.4, -0.2) is 38.8 Å². The van der Waals surface area contributed by atoms with Gasteiger partial charge in [-0.05, 0) is 25.0 Å². The molecule has 0 fully saturated rings. The van der Waals surface area contributed by atoms with Gasteiger partial charge in [-0.2, -0.15) is 5.10 Å². The van der Waals surface area contributed by atoms with E-state index >= 15 is 0 Å². The Morgan fingerprint density at radius 1 is 0.757 bits per heavy atom. The lowest BCUT2D eigenvalue weighted by Gasteiger charge is -2.14. The minimum absolute atomic E-state index is 0.0229. The number of non-ortho nitro benzene ring substituents is 1. The van der Waals surface area contributed by atoms with Gasteiger partial charge in [0.1, 0.15) is 0 Å². The number of unbranched alkanes of at least 4 members (excludes halogenated alkanes) is 14. The van der Waals surface area contributed by atoms with Crippen LogP contribution in [0.5, 0.6) is 0 Å². The second-order valence-electron chi connectivity index (χ2n) is 9.65. The van der Waals surface area contributed by atoms with Crippen molar-refractivity contribution in [3.8, 4) is 0 Å². The SMILES string of the molecule is CCCCCCCCCCSC(=NN(C)C(=O)c1ccc([N+](=O)[O-])cc1)SCCCCCCCCCC. The second kappa shape index (κ2) is 22.4. The van der Waals surface area contributed by atoms with E-state index in [4.69, 9.17) is 0 Å². The molecule has 0 N–H and O–H groups in total. The highest BCUT2D eigenvalue weighted by Gasteiger charge is 2.15. The van der Waals surface area contributed by atoms with Gasteiger partial charge in [0.05, 0.1) is 4.92 Å². The van der Waals surface area contributed by atoms with E-state index in [1.807, 2.05) is 0 Å². The van der Waals surface area contributed by atoms with Crippen molar-refractivity contribution in [2.24, 2.45) is 5.10 Å². The number of hydrogen-bond donors (Lipinski definition) is 0. The Labute approximate surface area is 234 Å². The molecule has 0 aliphatic rings. The fraction of sp³-hybridized carbons (Fsp3) is 0.724. The molecule has 0 heterocycles. The Kier molecular flexibility index (Phi) is 20.3. The first-order valence-electron chi connectivity index (χ1n) is 14.4. The molecule has 0 unspecified atom stereocenters. The van der Waals surface area contributed by atoms with Crippen molar-refractivity contribution >= 4 is 39.5 Å². The number of nitro groups is 1. The first-order valence-corrected chi connectivity index (χ1v) is 16.3. The Morgan fingerprint density at radius 3 is 1.57 bits per heavy atom. The molecule has 37 heavy (non-hydrogen) atoms. The van der Waals surface area contributed by atoms with E-state index < -0.39 is 4.92 Å². The Bertz CT molecular complexity index is 748. The van der Waals surface area contributed by atoms with Crippen molar-refractivity contribution in [3.05, 3.63) is 39.9 Å². The number of rotatable bonds is 21. The summed E-state index contributed by atoms with van der Waals surface area (Å²) in [6.07, 6.45) is 20.7. The number of amides is 1. The second-order valence-corrected chi connectivity index (χ2v) is 12.1. The summed E-state index contributed by atoms with van der Waals surface area (Å²) in [4.78, 5) is 23.3. The van der Waals surface area contributed by atoms with Gasteiger partial charge in [-0.1, -0.05) is 127 Å². The van der Waals surface area contributed by atoms with Gasteiger partial charge in [0.15, 0.2) is 4.38 Å². The molecule has 0 aliphatic carbocycles. The van der Waals surface area contributed by atoms with Crippen LogP contribution in [0.2, 0.25) is 0 Å². The first kappa shape index (κ1) is 33.5. The number of carbonyl (C=O) groups is 1. The monoisotopic (exact) mass is 551 g/mol. The molecule has 0 spiro atoms. The number of nitrogens with zero attached hydrogens (tertiary/aromatic N) is 3. The minimum atomic E-state index is -0.460. The third-order valence-electron chi connectivity index (χ3n) is 6.30. The molecular weight excluding hydrogens is 502 g/mol. The van der Waals surface area contributed by atoms with Gasteiger partial charge >= 0.3 is 0 Å². The number of carbonyl (C=O) groups excluding carboxylic acids is 1. The predicted molar refractivity (Wildman–Crippen MR) is 163 cm³/mol. The maximum absolute atomic E-state index is 12.8. The maximum atomic E-state index is 12.8. The highest BCUT2D eigenvalue weighted by atomic mass is 32.2. The quantitative estimate of drug-likeness (QED) is 0.0499. The molecule has 0 aliphatic heterocycles. The van der Waals surface area contributed by atoms with Crippen LogP contribution in [0, 0.1) is 10.1 Å². The number of thioether (sulfide) groups is 2. The normalized spacial score (nSPS) is 10.9. The summed E-state index contributed by atoms with van der Waals surface area (Å²) in [5.41, 5.74) is 0.377. The largest absolute Gasteiger partial charge is 0.273 e. The maximum Gasteiger partial charge on any atom is 0.273 e. The lowest BCUT2D eigenvalue weighted by molar-refractivity contribution is -0.384. The van der Waals surface area contributed by atoms with Gasteiger partial charge in [0.2, 0.25) is 0 Å². The number of nitro benzene ring substituents is 1. The molecule has 1 aromatic rings. The minimum Gasteiger partial charge on any atom is -0.267 e. The smallest absolute Gasteiger partial charge is 0.267 e. The fourth-order valence-corrected chi connectivity index (χ4v) is 6.21. The Morgan fingerprint density at radius 2 is 1.16 bits per heavy atom. The molecule has 0 aromatic heterocycles. The summed E-state index contributed by atoms with van der Waals surface area (Å²) < 4.78 is 0.934. The molecule has 0 atom stereocenters. The van der Waals surface area contributed by atoms with Crippen molar-refractivity contribution in [1.82, 2.24) is 5.01 Å². The average Bonchev–Trinajstić information content (AvgIpc) is 2.90. The Hall–Kier alpha value is -1.54. The van der Waals surface area contributed by atoms with E-state index in [9.17, 15) is 14.9 Å². The lowest BCUT2D eigenvalue weighted by Crippen LogP contribution is -2.22. The number of hydrazone groups is 1. The van der Waals surface area contributed by atoms with Crippen LogP contribution < -0.4 is 0 Å². The zero-order valence-corrected chi connectivity index (χ0v) is 25.1. The van der Waals surface area contributed by atoms with Crippen LogP contribution in [0.4, 0.5) is 5.69 Å². The van der Waals surface area contributed by atoms with E-state index in [0.29, 0.717) is 5.56 Å². The standard InChI is InChI=1S/C29H49N3O3S2/c1-4-6-8-10-12-14-16-18-24-36-29(37-25-19-17-15-13-11-9-7-5-2)30-31(3)28(33)26-20-22-27(23-21-26)32(34)35/h20-23H,4-19,24-25H2,1-3H3. The van der Waals surface area contributed by atoms with Crippen molar-refractivity contribution in [1.29, 1.82) is 0 Å². The van der Waals surface area contributed by atoms with Crippen LogP contribution in [0.15, 0.2) is 29.4 Å². The van der Waals surface area contributed by atoms with E-state index in [-0.39, 0.29) is 11.6 Å². The molecule has 1 aromatic carbocycles. The molecule has 6 nitrogen and oxygen atoms in total. The molecular formula is C29H49N3O3S2. The third kappa shape index (κ3) is 16.8. The van der Waals surface area contributed by atoms with Crippen LogP contribution in [0.25, 0.3) is 0 Å². The van der Waals surface area contributed by atoms with Crippen molar-refractivity contribution < 1.29 is 9.72 Å². The molecule has 0 radical (unpaired) electrons. The number of hydrogen-bond acceptors (Lipinski definition) is 6. The van der Waals surface area contributed by atoms with Gasteiger partial charge in [0.25, 0.3) is 11.6 Å². The van der Waals surface area contributed by atoms with Crippen molar-refractivity contribution in [2.75, 3.05) is 18.6 Å². The lowest BCUT2D eigenvalue weighted by atomic mass is 10.1. The van der Waals surface area contributed by atoms with Crippen LogP contribution in [0.1, 0.15) is 127 Å². The van der Waals surface area contributed by atoms with Crippen LogP contribution in [0.3, 0.4) is 0 Å². The highest BCUT2D eigenvalue weighted by Crippen LogP contribution is 2.23. The van der Waals surface area contributed by atoms with Gasteiger partial charge in [-0.25, -0.2) is 5.01 Å². The molecule has 1 amide bonds. The molecule has 8 heteroatoms. The zero-order chi connectivity index (χ0) is 27.1. The number of benzene rings is 1.